The van der Waals surface area contributed by atoms with Crippen LogP contribution in [0.5, 0.6) is 0 Å². The van der Waals surface area contributed by atoms with Crippen molar-refractivity contribution >= 4 is 35.2 Å². The molecule has 1 unspecified atom stereocenters. The van der Waals surface area contributed by atoms with E-state index in [0.717, 1.165) is 17.0 Å². The lowest BCUT2D eigenvalue weighted by Gasteiger charge is -2.35. The molecule has 2 N–H and O–H groups in total. The Bertz CT molecular complexity index is 704. The van der Waals surface area contributed by atoms with Crippen LogP contribution in [-0.2, 0) is 14.4 Å². The zero-order valence-electron chi connectivity index (χ0n) is 15.6. The molecule has 1 saturated heterocycles. The maximum Gasteiger partial charge on any atom is 0.238 e. The van der Waals surface area contributed by atoms with Crippen LogP contribution in [0.25, 0.3) is 0 Å². The van der Waals surface area contributed by atoms with Gasteiger partial charge in [0.15, 0.2) is 0 Å². The Morgan fingerprint density at radius 2 is 1.96 bits per heavy atom. The molecule has 0 aromatic heterocycles. The normalized spacial score (nSPS) is 20.0. The fourth-order valence-electron chi connectivity index (χ4n) is 3.19. The van der Waals surface area contributed by atoms with Crippen LogP contribution in [0.1, 0.15) is 19.8 Å². The number of hydrogen-bond donors (Lipinski definition) is 2. The first kappa shape index (κ1) is 19.7. The smallest absolute Gasteiger partial charge is 0.238 e. The molecule has 0 spiro atoms. The molecular formula is C19H26N4O3S. The van der Waals surface area contributed by atoms with Gasteiger partial charge < -0.3 is 15.5 Å². The Labute approximate surface area is 163 Å². The average molecular weight is 391 g/mol. The lowest BCUT2D eigenvalue weighted by molar-refractivity contribution is -0.134. The summed E-state index contributed by atoms with van der Waals surface area (Å²) >= 11 is 1.45. The van der Waals surface area contributed by atoms with E-state index in [2.05, 4.69) is 15.5 Å². The summed E-state index contributed by atoms with van der Waals surface area (Å²) in [6.45, 7) is 5.64. The van der Waals surface area contributed by atoms with Crippen molar-refractivity contribution in [3.63, 3.8) is 0 Å². The summed E-state index contributed by atoms with van der Waals surface area (Å²) in [7, 11) is 0. The van der Waals surface area contributed by atoms with E-state index in [4.69, 9.17) is 0 Å². The highest BCUT2D eigenvalue weighted by atomic mass is 32.2. The number of hydrogen-bond acceptors (Lipinski definition) is 5. The molecule has 2 aliphatic heterocycles. The summed E-state index contributed by atoms with van der Waals surface area (Å²) in [5.74, 6) is -0.0824. The van der Waals surface area contributed by atoms with Crippen molar-refractivity contribution in [3.8, 4) is 0 Å². The Morgan fingerprint density at radius 1 is 1.22 bits per heavy atom. The molecule has 1 aromatic carbocycles. The van der Waals surface area contributed by atoms with Gasteiger partial charge in [-0.15, -0.1) is 11.8 Å². The molecule has 3 rings (SSSR count). The second-order valence-electron chi connectivity index (χ2n) is 6.80. The van der Waals surface area contributed by atoms with E-state index < -0.39 is 5.25 Å². The van der Waals surface area contributed by atoms with Crippen LogP contribution in [-0.4, -0.2) is 72.0 Å². The topological polar surface area (TPSA) is 81.8 Å². The van der Waals surface area contributed by atoms with Crippen LogP contribution in [0.3, 0.4) is 0 Å². The number of anilines is 1. The molecule has 2 aliphatic rings. The summed E-state index contributed by atoms with van der Waals surface area (Å²) in [6, 6.07) is 7.64. The molecule has 0 aliphatic carbocycles. The standard InChI is InChI=1S/C19H26N4O3S/c1-2-7-20-17(24)13-22-8-10-23(11-9-22)18(25)12-16-19(26)21-14-5-3-4-6-15(14)27-16/h3-6,16H,2,7-13H2,1H3,(H,20,24)(H,21,26). The molecule has 3 amide bonds. The molecule has 1 aromatic rings. The summed E-state index contributed by atoms with van der Waals surface area (Å²) < 4.78 is 0. The number of piperazine rings is 1. The molecular weight excluding hydrogens is 364 g/mol. The lowest BCUT2D eigenvalue weighted by atomic mass is 10.2. The van der Waals surface area contributed by atoms with Gasteiger partial charge in [0.25, 0.3) is 0 Å². The minimum Gasteiger partial charge on any atom is -0.355 e. The minimum absolute atomic E-state index is 0.00267. The number of carbonyl (C=O) groups excluding carboxylic acids is 3. The molecule has 146 valence electrons. The first-order valence-electron chi connectivity index (χ1n) is 9.40. The average Bonchev–Trinajstić information content (AvgIpc) is 2.67. The molecule has 8 heteroatoms. The molecule has 0 bridgehead atoms. The van der Waals surface area contributed by atoms with Crippen LogP contribution in [0, 0.1) is 0 Å². The SMILES string of the molecule is CCCNC(=O)CN1CCN(C(=O)CC2Sc3ccccc3NC2=O)CC1. The first-order valence-corrected chi connectivity index (χ1v) is 10.3. The summed E-state index contributed by atoms with van der Waals surface area (Å²) in [6.07, 6.45) is 1.12. The second-order valence-corrected chi connectivity index (χ2v) is 8.05. The molecule has 0 saturated carbocycles. The third kappa shape index (κ3) is 5.23. The highest BCUT2D eigenvalue weighted by molar-refractivity contribution is 8.01. The van der Waals surface area contributed by atoms with Gasteiger partial charge in [-0.05, 0) is 18.6 Å². The van der Waals surface area contributed by atoms with Crippen LogP contribution < -0.4 is 10.6 Å². The van der Waals surface area contributed by atoms with Gasteiger partial charge in [-0.3, -0.25) is 19.3 Å². The number of nitrogens with zero attached hydrogens (tertiary/aromatic N) is 2. The number of amides is 3. The van der Waals surface area contributed by atoms with E-state index in [1.165, 1.54) is 11.8 Å². The van der Waals surface area contributed by atoms with Gasteiger partial charge in [0, 0.05) is 44.0 Å². The van der Waals surface area contributed by atoms with Gasteiger partial charge in [0.1, 0.15) is 0 Å². The van der Waals surface area contributed by atoms with Gasteiger partial charge in [-0.2, -0.15) is 0 Å². The summed E-state index contributed by atoms with van der Waals surface area (Å²) in [5.41, 5.74) is 0.811. The number of thioether (sulfide) groups is 1. The van der Waals surface area contributed by atoms with Gasteiger partial charge in [0.05, 0.1) is 17.5 Å². The van der Waals surface area contributed by atoms with E-state index >= 15 is 0 Å². The van der Waals surface area contributed by atoms with Crippen LogP contribution in [0.2, 0.25) is 0 Å². The highest BCUT2D eigenvalue weighted by Gasteiger charge is 2.31. The highest BCUT2D eigenvalue weighted by Crippen LogP contribution is 2.36. The minimum atomic E-state index is -0.398. The van der Waals surface area contributed by atoms with Gasteiger partial charge in [0.2, 0.25) is 17.7 Å². The predicted molar refractivity (Wildman–Crippen MR) is 106 cm³/mol. The molecule has 1 atom stereocenters. The largest absolute Gasteiger partial charge is 0.355 e. The number of benzene rings is 1. The number of para-hydroxylation sites is 1. The van der Waals surface area contributed by atoms with E-state index in [-0.39, 0.29) is 24.1 Å². The van der Waals surface area contributed by atoms with Crippen LogP contribution in [0.15, 0.2) is 29.2 Å². The van der Waals surface area contributed by atoms with E-state index in [1.807, 2.05) is 31.2 Å². The van der Waals surface area contributed by atoms with Crippen LogP contribution in [0.4, 0.5) is 5.69 Å². The monoisotopic (exact) mass is 390 g/mol. The first-order chi connectivity index (χ1) is 13.1. The Kier molecular flexibility index (Phi) is 6.73. The van der Waals surface area contributed by atoms with E-state index in [1.54, 1.807) is 4.90 Å². The number of fused-ring (bicyclic) bond motifs is 1. The Balaban J connectivity index is 1.46. The van der Waals surface area contributed by atoms with Crippen molar-refractivity contribution in [3.05, 3.63) is 24.3 Å². The van der Waals surface area contributed by atoms with Crippen molar-refractivity contribution in [1.82, 2.24) is 15.1 Å². The predicted octanol–water partition coefficient (Wildman–Crippen LogP) is 1.16. The molecule has 7 nitrogen and oxygen atoms in total. The maximum atomic E-state index is 12.6. The third-order valence-corrected chi connectivity index (χ3v) is 6.01. The molecule has 1 fully saturated rings. The number of nitrogens with one attached hydrogen (secondary N) is 2. The zero-order chi connectivity index (χ0) is 19.2. The van der Waals surface area contributed by atoms with Crippen molar-refractivity contribution in [2.75, 3.05) is 44.6 Å². The van der Waals surface area contributed by atoms with Gasteiger partial charge >= 0.3 is 0 Å². The van der Waals surface area contributed by atoms with Gasteiger partial charge in [-0.25, -0.2) is 0 Å². The van der Waals surface area contributed by atoms with E-state index in [9.17, 15) is 14.4 Å². The third-order valence-electron chi connectivity index (χ3n) is 4.73. The van der Waals surface area contributed by atoms with Crippen molar-refractivity contribution in [2.45, 2.75) is 29.9 Å². The van der Waals surface area contributed by atoms with Crippen molar-refractivity contribution in [1.29, 1.82) is 0 Å². The van der Waals surface area contributed by atoms with Crippen molar-refractivity contribution < 1.29 is 14.4 Å². The summed E-state index contributed by atoms with van der Waals surface area (Å²) in [4.78, 5) is 41.6. The van der Waals surface area contributed by atoms with E-state index in [0.29, 0.717) is 39.3 Å². The second kappa shape index (κ2) is 9.23. The maximum absolute atomic E-state index is 12.6. The fourth-order valence-corrected chi connectivity index (χ4v) is 4.30. The zero-order valence-corrected chi connectivity index (χ0v) is 16.4. The molecule has 0 radical (unpaired) electrons. The van der Waals surface area contributed by atoms with Crippen LogP contribution >= 0.6 is 11.8 Å². The number of carbonyl (C=O) groups is 3. The molecule has 2 heterocycles. The Morgan fingerprint density at radius 3 is 2.70 bits per heavy atom. The van der Waals surface area contributed by atoms with Gasteiger partial charge in [-0.1, -0.05) is 19.1 Å². The summed E-state index contributed by atoms with van der Waals surface area (Å²) in [5, 5.41) is 5.35. The quantitative estimate of drug-likeness (QED) is 0.762. The lowest BCUT2D eigenvalue weighted by Crippen LogP contribution is -2.51. The van der Waals surface area contributed by atoms with Crippen molar-refractivity contribution in [2.24, 2.45) is 0 Å². The molecule has 27 heavy (non-hydrogen) atoms. The number of rotatable bonds is 6. The fraction of sp³-hybridized carbons (Fsp3) is 0.526. The Hall–Kier alpha value is -2.06.